The first-order chi connectivity index (χ1) is 20.1. The van der Waals surface area contributed by atoms with E-state index in [2.05, 4.69) is 25.1 Å². The van der Waals surface area contributed by atoms with E-state index in [0.29, 0.717) is 23.8 Å². The number of aryl methyl sites for hydroxylation is 1. The Balaban J connectivity index is 1.24. The molecule has 0 spiro atoms. The number of hydrogen-bond donors (Lipinski definition) is 3. The van der Waals surface area contributed by atoms with Crippen LogP contribution in [0, 0.1) is 27.7 Å². The van der Waals surface area contributed by atoms with Crippen LogP contribution in [0.2, 0.25) is 0 Å². The van der Waals surface area contributed by atoms with E-state index in [1.807, 2.05) is 107 Å². The molecule has 5 rings (SSSR count). The predicted molar refractivity (Wildman–Crippen MR) is 171 cm³/mol. The quantitative estimate of drug-likeness (QED) is 0.194. The minimum atomic E-state index is -0.510. The Morgan fingerprint density at radius 2 is 1.60 bits per heavy atom. The van der Waals surface area contributed by atoms with Crippen molar-refractivity contribution in [2.75, 3.05) is 10.9 Å². The number of nitrogens with one attached hydrogen (secondary N) is 1. The summed E-state index contributed by atoms with van der Waals surface area (Å²) in [5.74, 6) is 1.88. The van der Waals surface area contributed by atoms with E-state index in [-0.39, 0.29) is 12.1 Å². The maximum absolute atomic E-state index is 13.3. The third kappa shape index (κ3) is 6.07. The van der Waals surface area contributed by atoms with Crippen LogP contribution in [0.25, 0.3) is 0 Å². The first-order valence-electron chi connectivity index (χ1n) is 14.2. The van der Waals surface area contributed by atoms with Crippen molar-refractivity contribution in [1.29, 1.82) is 0 Å². The number of carbonyl (C=O) groups is 1. The molecule has 0 aliphatic carbocycles. The van der Waals surface area contributed by atoms with Crippen molar-refractivity contribution < 1.29 is 19.4 Å². The summed E-state index contributed by atoms with van der Waals surface area (Å²) in [7, 11) is 0. The van der Waals surface area contributed by atoms with Crippen molar-refractivity contribution in [1.82, 2.24) is 5.32 Å². The molecule has 7 heteroatoms. The summed E-state index contributed by atoms with van der Waals surface area (Å²) in [5, 5.41) is 13.6. The molecule has 0 saturated heterocycles. The smallest absolute Gasteiger partial charge is 0.332 e. The average Bonchev–Trinajstić information content (AvgIpc) is 3.01. The largest absolute Gasteiger partial charge is 0.507 e. The second-order valence-corrected chi connectivity index (χ2v) is 11.8. The van der Waals surface area contributed by atoms with Gasteiger partial charge in [-0.15, -0.1) is 0 Å². The molecule has 0 bridgehead atoms. The van der Waals surface area contributed by atoms with E-state index in [1.165, 1.54) is 4.31 Å². The van der Waals surface area contributed by atoms with Crippen molar-refractivity contribution in [3.63, 3.8) is 0 Å². The Hall–Kier alpha value is -4.10. The lowest BCUT2D eigenvalue weighted by molar-refractivity contribution is 0.0166. The second kappa shape index (κ2) is 12.0. The number of phenolic OH excluding ortho intramolecular Hbond substituents is 1. The van der Waals surface area contributed by atoms with Crippen LogP contribution in [0.4, 0.5) is 10.5 Å². The normalized spacial score (nSPS) is 16.6. The Bertz CT molecular complexity index is 1570. The van der Waals surface area contributed by atoms with Gasteiger partial charge in [0, 0.05) is 5.56 Å². The molecule has 0 saturated carbocycles. The van der Waals surface area contributed by atoms with Gasteiger partial charge in [-0.1, -0.05) is 73.0 Å². The number of rotatable bonds is 7. The third-order valence-corrected chi connectivity index (χ3v) is 8.63. The van der Waals surface area contributed by atoms with Gasteiger partial charge in [0.1, 0.15) is 29.5 Å². The minimum absolute atomic E-state index is 0.321. The molecule has 218 valence electrons. The fourth-order valence-corrected chi connectivity index (χ4v) is 5.57. The van der Waals surface area contributed by atoms with Gasteiger partial charge in [-0.3, -0.25) is 0 Å². The molecule has 1 heterocycles. The number of carbonyl (C=O) groups excluding carboxylic acids is 1. The summed E-state index contributed by atoms with van der Waals surface area (Å²) < 4.78 is 13.9. The maximum atomic E-state index is 13.3. The third-order valence-electron chi connectivity index (χ3n) is 8.22. The summed E-state index contributed by atoms with van der Waals surface area (Å²) in [6, 6.07) is 24.7. The van der Waals surface area contributed by atoms with Crippen molar-refractivity contribution in [3.8, 4) is 17.2 Å². The highest BCUT2D eigenvalue weighted by molar-refractivity contribution is 7.82. The number of hydrogen-bond acceptors (Lipinski definition) is 5. The molecule has 4 aromatic carbocycles. The molecular formula is C35H38N2O4S. The van der Waals surface area contributed by atoms with E-state index in [9.17, 15) is 9.90 Å². The molecule has 1 aliphatic heterocycles. The van der Waals surface area contributed by atoms with Crippen LogP contribution in [0.1, 0.15) is 58.3 Å². The van der Waals surface area contributed by atoms with Crippen molar-refractivity contribution in [2.24, 2.45) is 0 Å². The molecule has 6 nitrogen and oxygen atoms in total. The fourth-order valence-electron chi connectivity index (χ4n) is 5.38. The van der Waals surface area contributed by atoms with Crippen LogP contribution in [-0.4, -0.2) is 23.3 Å². The van der Waals surface area contributed by atoms with Gasteiger partial charge >= 0.3 is 6.03 Å². The van der Waals surface area contributed by atoms with Crippen LogP contribution in [0.5, 0.6) is 17.2 Å². The molecule has 0 fully saturated rings. The molecule has 1 aliphatic rings. The number of nitrogens with zero attached hydrogens (tertiary/aromatic N) is 1. The van der Waals surface area contributed by atoms with Gasteiger partial charge < -0.3 is 19.9 Å². The lowest BCUT2D eigenvalue weighted by Crippen LogP contribution is -2.42. The molecule has 2 atom stereocenters. The van der Waals surface area contributed by atoms with Crippen molar-refractivity contribution >= 4 is 24.5 Å². The Labute approximate surface area is 253 Å². The van der Waals surface area contributed by atoms with E-state index < -0.39 is 5.60 Å². The number of urea groups is 1. The van der Waals surface area contributed by atoms with Crippen molar-refractivity contribution in [3.05, 3.63) is 118 Å². The van der Waals surface area contributed by atoms with E-state index >= 15 is 0 Å². The number of fused-ring (bicyclic) bond motifs is 1. The minimum Gasteiger partial charge on any atom is -0.507 e. The number of anilines is 1. The van der Waals surface area contributed by atoms with Crippen LogP contribution in [-0.2, 0) is 6.42 Å². The Morgan fingerprint density at radius 1 is 0.952 bits per heavy atom. The summed E-state index contributed by atoms with van der Waals surface area (Å²) in [6.45, 7) is 10.3. The molecule has 0 radical (unpaired) electrons. The summed E-state index contributed by atoms with van der Waals surface area (Å²) >= 11 is 4.52. The monoisotopic (exact) mass is 582 g/mol. The molecular weight excluding hydrogens is 544 g/mol. The number of amides is 2. The maximum Gasteiger partial charge on any atom is 0.332 e. The zero-order chi connectivity index (χ0) is 30.0. The summed E-state index contributed by atoms with van der Waals surface area (Å²) in [5.41, 5.74) is 7.02. The topological polar surface area (TPSA) is 71.0 Å². The number of phenols is 1. The first kappa shape index (κ1) is 29.4. The Kier molecular flexibility index (Phi) is 8.41. The SMILES string of the molecule is Cc1ccc(C(NC(=O)N(S)c2ccc(OCC3(C)CCc4c(C)c(O)c(C)c(C)c4O3)cc2)c2ccccc2)cc1. The van der Waals surface area contributed by atoms with Gasteiger partial charge in [0.25, 0.3) is 0 Å². The number of benzene rings is 4. The van der Waals surface area contributed by atoms with Gasteiger partial charge in [0.05, 0.1) is 11.7 Å². The van der Waals surface area contributed by atoms with Gasteiger partial charge in [0.2, 0.25) is 0 Å². The van der Waals surface area contributed by atoms with Crippen LogP contribution in [0.15, 0.2) is 78.9 Å². The van der Waals surface area contributed by atoms with Gasteiger partial charge in [-0.05, 0) is 99.5 Å². The first-order valence-corrected chi connectivity index (χ1v) is 14.6. The van der Waals surface area contributed by atoms with Gasteiger partial charge in [-0.25, -0.2) is 9.10 Å². The standard InChI is InChI=1S/C35H38N2O4S/c1-22-11-13-27(14-12-22)31(26-9-7-6-8-10-26)36-34(39)37(42)28-15-17-29(18-16-28)40-21-35(5)20-19-30-25(4)32(38)23(2)24(3)33(30)41-35/h6-18,31,38,42H,19-21H2,1-5H3,(H,36,39). The molecule has 42 heavy (non-hydrogen) atoms. The second-order valence-electron chi connectivity index (χ2n) is 11.4. The lowest BCUT2D eigenvalue weighted by atomic mass is 9.87. The van der Waals surface area contributed by atoms with Gasteiger partial charge in [0.15, 0.2) is 0 Å². The molecule has 2 unspecified atom stereocenters. The molecule has 0 aromatic heterocycles. The van der Waals surface area contributed by atoms with E-state index in [0.717, 1.165) is 57.5 Å². The van der Waals surface area contributed by atoms with Gasteiger partial charge in [-0.2, -0.15) is 0 Å². The van der Waals surface area contributed by atoms with Crippen LogP contribution >= 0.6 is 12.8 Å². The fraction of sp³-hybridized carbons (Fsp3) is 0.286. The van der Waals surface area contributed by atoms with E-state index in [1.54, 1.807) is 0 Å². The van der Waals surface area contributed by atoms with Crippen molar-refractivity contribution in [2.45, 2.75) is 59.1 Å². The summed E-state index contributed by atoms with van der Waals surface area (Å²) in [6.07, 6.45) is 1.58. The highest BCUT2D eigenvalue weighted by atomic mass is 32.1. The predicted octanol–water partition coefficient (Wildman–Crippen LogP) is 7.94. The number of thiol groups is 1. The Morgan fingerprint density at radius 3 is 2.26 bits per heavy atom. The zero-order valence-electron chi connectivity index (χ0n) is 24.8. The van der Waals surface area contributed by atoms with Crippen LogP contribution < -0.4 is 19.1 Å². The van der Waals surface area contributed by atoms with Crippen LogP contribution in [0.3, 0.4) is 0 Å². The zero-order valence-corrected chi connectivity index (χ0v) is 25.7. The summed E-state index contributed by atoms with van der Waals surface area (Å²) in [4.78, 5) is 13.3. The highest BCUT2D eigenvalue weighted by Crippen LogP contribution is 2.43. The lowest BCUT2D eigenvalue weighted by Gasteiger charge is -2.37. The highest BCUT2D eigenvalue weighted by Gasteiger charge is 2.35. The number of ether oxygens (including phenoxy) is 2. The molecule has 2 N–H and O–H groups in total. The number of aromatic hydroxyl groups is 1. The van der Waals surface area contributed by atoms with E-state index in [4.69, 9.17) is 9.47 Å². The molecule has 4 aromatic rings. The average molecular weight is 583 g/mol. The molecule has 2 amide bonds.